The molecule has 0 radical (unpaired) electrons. The Balaban J connectivity index is 1.04. The number of hydrogen-bond donors (Lipinski definition) is 0. The summed E-state index contributed by atoms with van der Waals surface area (Å²) in [5, 5.41) is 11.1. The van der Waals surface area contributed by atoms with Crippen LogP contribution in [-0.4, -0.2) is 8.80 Å². The zero-order valence-corrected chi connectivity index (χ0v) is 41.0. The predicted octanol–water partition coefficient (Wildman–Crippen LogP) is 19.3. The summed E-state index contributed by atoms with van der Waals surface area (Å²) in [6.07, 6.45) is 15.1. The fourth-order valence-corrected chi connectivity index (χ4v) is 14.5. The molecule has 72 heavy (non-hydrogen) atoms. The van der Waals surface area contributed by atoms with Crippen LogP contribution in [0.15, 0.2) is 194 Å². The van der Waals surface area contributed by atoms with Crippen molar-refractivity contribution in [2.75, 3.05) is 4.90 Å². The molecule has 0 aliphatic heterocycles. The van der Waals surface area contributed by atoms with Gasteiger partial charge in [0.2, 0.25) is 0 Å². The highest BCUT2D eigenvalue weighted by atomic mass is 15.1. The largest absolute Gasteiger partial charge is 0.310 e. The van der Waals surface area contributed by atoms with Crippen LogP contribution in [0.3, 0.4) is 0 Å². The number of para-hydroxylation sites is 2. The van der Waals surface area contributed by atoms with E-state index in [0.29, 0.717) is 11.8 Å². The van der Waals surface area contributed by atoms with E-state index in [2.05, 4.69) is 208 Å². The molecule has 1 atom stereocenters. The Kier molecular flexibility index (Phi) is 9.95. The Morgan fingerprint density at radius 1 is 0.403 bits per heavy atom. The average molecular weight is 930 g/mol. The SMILES string of the molecule is c1ccc(CCC(c2ccccc2)c2ccc3c4cc5c(cc4n4c6cccc(C7CCCCC7)c6c2c34)c2ccc(N(c3ccccc3)c3ccccc3)c3c4c(C6CCCCC6)cccc4n5c23)cc1. The van der Waals surface area contributed by atoms with E-state index < -0.39 is 0 Å². The van der Waals surface area contributed by atoms with E-state index in [4.69, 9.17) is 0 Å². The summed E-state index contributed by atoms with van der Waals surface area (Å²) in [6, 6.07) is 74.3. The van der Waals surface area contributed by atoms with Crippen molar-refractivity contribution in [3.8, 4) is 0 Å². The van der Waals surface area contributed by atoms with E-state index in [-0.39, 0.29) is 5.92 Å². The van der Waals surface area contributed by atoms with Gasteiger partial charge in [0.05, 0.1) is 38.8 Å². The Hall–Kier alpha value is -7.62. The maximum absolute atomic E-state index is 2.70. The Bertz CT molecular complexity index is 4060. The molecule has 0 amide bonds. The number of fused-ring (bicyclic) bond motifs is 12. The van der Waals surface area contributed by atoms with Gasteiger partial charge in [0, 0.05) is 60.4 Å². The van der Waals surface area contributed by atoms with Crippen LogP contribution >= 0.6 is 0 Å². The number of nitrogens with zero attached hydrogens (tertiary/aromatic N) is 3. The molecule has 0 saturated heterocycles. The van der Waals surface area contributed by atoms with Gasteiger partial charge in [-0.25, -0.2) is 0 Å². The normalized spacial score (nSPS) is 15.7. The lowest BCUT2D eigenvalue weighted by Crippen LogP contribution is -2.10. The summed E-state index contributed by atoms with van der Waals surface area (Å²) in [5.74, 6) is 1.38. The topological polar surface area (TPSA) is 12.1 Å². The summed E-state index contributed by atoms with van der Waals surface area (Å²) in [6.45, 7) is 0. The molecule has 1 unspecified atom stereocenters. The zero-order chi connectivity index (χ0) is 47.3. The van der Waals surface area contributed by atoms with E-state index in [1.165, 1.54) is 180 Å². The third kappa shape index (κ3) is 6.42. The van der Waals surface area contributed by atoms with Gasteiger partial charge in [0.25, 0.3) is 0 Å². The Morgan fingerprint density at radius 3 is 1.44 bits per heavy atom. The van der Waals surface area contributed by atoms with Crippen molar-refractivity contribution in [3.05, 3.63) is 222 Å². The average Bonchev–Trinajstić information content (AvgIpc) is 4.19. The minimum atomic E-state index is 0.248. The molecule has 2 saturated carbocycles. The van der Waals surface area contributed by atoms with Gasteiger partial charge >= 0.3 is 0 Å². The number of aryl methyl sites for hydroxylation is 1. The minimum absolute atomic E-state index is 0.248. The fraction of sp³-hybridized carbons (Fsp3) is 0.217. The van der Waals surface area contributed by atoms with Crippen molar-refractivity contribution in [3.63, 3.8) is 0 Å². The molecule has 9 aromatic carbocycles. The lowest BCUT2D eigenvalue weighted by molar-refractivity contribution is 0.445. The van der Waals surface area contributed by atoms with Crippen molar-refractivity contribution < 1.29 is 0 Å². The highest BCUT2D eigenvalue weighted by Gasteiger charge is 2.31. The molecule has 3 heteroatoms. The van der Waals surface area contributed by atoms with Crippen LogP contribution in [0.1, 0.15) is 116 Å². The third-order valence-corrected chi connectivity index (χ3v) is 17.6. The molecule has 2 aliphatic rings. The first-order valence-corrected chi connectivity index (χ1v) is 27.2. The molecular formula is C69H59N3. The molecule has 4 heterocycles. The monoisotopic (exact) mass is 929 g/mol. The summed E-state index contributed by atoms with van der Waals surface area (Å²) in [7, 11) is 0. The molecule has 3 nitrogen and oxygen atoms in total. The van der Waals surface area contributed by atoms with Crippen LogP contribution in [0.2, 0.25) is 0 Å². The van der Waals surface area contributed by atoms with Gasteiger partial charge in [0.1, 0.15) is 0 Å². The predicted molar refractivity (Wildman–Crippen MR) is 305 cm³/mol. The maximum atomic E-state index is 2.70. The second-order valence-corrected chi connectivity index (χ2v) is 21.5. The highest BCUT2D eigenvalue weighted by molar-refractivity contribution is 6.31. The van der Waals surface area contributed by atoms with Gasteiger partial charge in [-0.05, 0) is 133 Å². The van der Waals surface area contributed by atoms with Gasteiger partial charge in [-0.2, -0.15) is 0 Å². The number of benzene rings is 9. The zero-order valence-electron chi connectivity index (χ0n) is 41.0. The Morgan fingerprint density at radius 2 is 0.889 bits per heavy atom. The number of anilines is 3. The quantitative estimate of drug-likeness (QED) is 0.133. The standard InChI is InChI=1S/C69H59N3/c1-7-21-45(22-8-1)37-38-51(46-23-9-2-10-24-46)54-39-40-55-57-43-63-58(44-62(57)71-59-35-19-33-52(47-25-11-3-12-26-47)64(59)66(54)68(55)71)56-41-42-61(70(49-29-15-5-16-30-49)50-31-17-6-18-32-50)67-65-53(48-27-13-4-14-28-48)34-20-36-60(65)72(63)69(56)67/h1-2,5-10,15-24,29-36,39-44,47-48,51H,3-4,11-14,25-28,37-38H2. The summed E-state index contributed by atoms with van der Waals surface area (Å²) in [4.78, 5) is 2.51. The van der Waals surface area contributed by atoms with Crippen LogP contribution in [0, 0.1) is 0 Å². The first kappa shape index (κ1) is 42.1. The van der Waals surface area contributed by atoms with Crippen molar-refractivity contribution in [1.82, 2.24) is 8.80 Å². The summed E-state index contributed by atoms with van der Waals surface area (Å²) < 4.78 is 5.38. The van der Waals surface area contributed by atoms with E-state index in [1.54, 1.807) is 5.56 Å². The molecule has 2 aliphatic carbocycles. The first-order chi connectivity index (χ1) is 35.8. The van der Waals surface area contributed by atoms with Crippen LogP contribution in [-0.2, 0) is 6.42 Å². The van der Waals surface area contributed by atoms with Crippen LogP contribution in [0.25, 0.3) is 76.2 Å². The van der Waals surface area contributed by atoms with Gasteiger partial charge < -0.3 is 13.7 Å². The lowest BCUT2D eigenvalue weighted by atomic mass is 9.80. The fourth-order valence-electron chi connectivity index (χ4n) is 14.5. The van der Waals surface area contributed by atoms with Gasteiger partial charge in [0.15, 0.2) is 0 Å². The van der Waals surface area contributed by atoms with E-state index in [1.807, 2.05) is 0 Å². The van der Waals surface area contributed by atoms with Crippen LogP contribution in [0.4, 0.5) is 17.1 Å². The number of rotatable bonds is 10. The summed E-state index contributed by atoms with van der Waals surface area (Å²) >= 11 is 0. The second-order valence-electron chi connectivity index (χ2n) is 21.5. The molecule has 0 spiro atoms. The van der Waals surface area contributed by atoms with Crippen molar-refractivity contribution in [2.24, 2.45) is 0 Å². The second kappa shape index (κ2) is 17.0. The van der Waals surface area contributed by atoms with E-state index in [0.717, 1.165) is 12.8 Å². The number of aromatic nitrogens is 2. The third-order valence-electron chi connectivity index (χ3n) is 17.6. The smallest absolute Gasteiger partial charge is 0.0641 e. The molecule has 0 bridgehead atoms. The molecule has 4 aromatic heterocycles. The molecular weight excluding hydrogens is 871 g/mol. The molecule has 15 rings (SSSR count). The molecule has 13 aromatic rings. The maximum Gasteiger partial charge on any atom is 0.0641 e. The lowest BCUT2D eigenvalue weighted by Gasteiger charge is -2.27. The first-order valence-electron chi connectivity index (χ1n) is 27.2. The minimum Gasteiger partial charge on any atom is -0.310 e. The number of hydrogen-bond acceptors (Lipinski definition) is 1. The van der Waals surface area contributed by atoms with Crippen molar-refractivity contribution in [2.45, 2.75) is 94.8 Å². The summed E-state index contributed by atoms with van der Waals surface area (Å²) in [5.41, 5.74) is 19.0. The molecule has 2 fully saturated rings. The van der Waals surface area contributed by atoms with Crippen LogP contribution in [0.5, 0.6) is 0 Å². The molecule has 0 N–H and O–H groups in total. The van der Waals surface area contributed by atoms with Gasteiger partial charge in [-0.15, -0.1) is 0 Å². The van der Waals surface area contributed by atoms with Crippen molar-refractivity contribution >= 4 is 93.3 Å². The highest BCUT2D eigenvalue weighted by Crippen LogP contribution is 2.53. The van der Waals surface area contributed by atoms with Crippen molar-refractivity contribution in [1.29, 1.82) is 0 Å². The van der Waals surface area contributed by atoms with E-state index in [9.17, 15) is 0 Å². The van der Waals surface area contributed by atoms with Gasteiger partial charge in [-0.1, -0.05) is 178 Å². The molecule has 350 valence electrons. The van der Waals surface area contributed by atoms with Gasteiger partial charge in [-0.3, -0.25) is 0 Å². The van der Waals surface area contributed by atoms with Crippen LogP contribution < -0.4 is 4.90 Å². The Labute approximate surface area is 421 Å². The van der Waals surface area contributed by atoms with E-state index >= 15 is 0 Å².